The van der Waals surface area contributed by atoms with Crippen LogP contribution in [-0.4, -0.2) is 11.1 Å². The van der Waals surface area contributed by atoms with Crippen molar-refractivity contribution in [3.05, 3.63) is 52.7 Å². The van der Waals surface area contributed by atoms with Gasteiger partial charge in [-0.15, -0.1) is 0 Å². The molecule has 0 bridgehead atoms. The molecule has 0 saturated heterocycles. The molecule has 0 aliphatic carbocycles. The van der Waals surface area contributed by atoms with E-state index in [1.165, 1.54) is 18.2 Å². The van der Waals surface area contributed by atoms with Gasteiger partial charge in [0.25, 0.3) is 0 Å². The van der Waals surface area contributed by atoms with Crippen molar-refractivity contribution in [2.45, 2.75) is 6.54 Å². The molecule has 2 aromatic rings. The summed E-state index contributed by atoms with van der Waals surface area (Å²) in [5.74, 6) is -1.23. The molecule has 0 spiro atoms. The molecule has 0 saturated carbocycles. The van der Waals surface area contributed by atoms with Gasteiger partial charge >= 0.3 is 5.97 Å². The molecule has 18 heavy (non-hydrogen) atoms. The normalized spacial score (nSPS) is 10.3. The maximum Gasteiger partial charge on any atom is 0.338 e. The van der Waals surface area contributed by atoms with Crippen LogP contribution in [0.1, 0.15) is 16.1 Å². The number of aromatic carboxylic acids is 1. The van der Waals surface area contributed by atoms with E-state index in [0.29, 0.717) is 5.76 Å². The van der Waals surface area contributed by atoms with Gasteiger partial charge in [0.2, 0.25) is 0 Å². The lowest BCUT2D eigenvalue weighted by atomic mass is 10.3. The van der Waals surface area contributed by atoms with Gasteiger partial charge in [0.05, 0.1) is 22.8 Å². The van der Waals surface area contributed by atoms with Gasteiger partial charge < -0.3 is 14.8 Å². The van der Waals surface area contributed by atoms with Crippen LogP contribution in [0.5, 0.6) is 0 Å². The molecule has 0 fully saturated rings. The summed E-state index contributed by atoms with van der Waals surface area (Å²) in [6.07, 6.45) is 1.13. The van der Waals surface area contributed by atoms with E-state index in [2.05, 4.69) is 5.32 Å². The maximum atomic E-state index is 13.5. The van der Waals surface area contributed by atoms with E-state index >= 15 is 0 Å². The zero-order valence-corrected chi connectivity index (χ0v) is 9.87. The van der Waals surface area contributed by atoms with Crippen LogP contribution in [0.15, 0.2) is 34.9 Å². The number of carboxylic acids is 1. The lowest BCUT2D eigenvalue weighted by Crippen LogP contribution is -2.01. The highest BCUT2D eigenvalue weighted by Crippen LogP contribution is 2.22. The number of hydrogen-bond donors (Lipinski definition) is 2. The van der Waals surface area contributed by atoms with Crippen molar-refractivity contribution in [2.24, 2.45) is 0 Å². The molecule has 1 aromatic heterocycles. The largest absolute Gasteiger partial charge is 0.478 e. The Morgan fingerprint density at radius 3 is 2.94 bits per heavy atom. The number of rotatable bonds is 4. The van der Waals surface area contributed by atoms with Gasteiger partial charge in [0.15, 0.2) is 5.82 Å². The number of carbonyl (C=O) groups is 1. The van der Waals surface area contributed by atoms with Crippen LogP contribution in [0.25, 0.3) is 0 Å². The van der Waals surface area contributed by atoms with Crippen molar-refractivity contribution in [2.75, 3.05) is 5.32 Å². The Kier molecular flexibility index (Phi) is 3.53. The Morgan fingerprint density at radius 1 is 1.50 bits per heavy atom. The van der Waals surface area contributed by atoms with Crippen molar-refractivity contribution in [3.8, 4) is 0 Å². The number of benzene rings is 1. The summed E-state index contributed by atoms with van der Waals surface area (Å²) in [5, 5.41) is 11.5. The summed E-state index contributed by atoms with van der Waals surface area (Å²) in [6.45, 7) is 0.171. The SMILES string of the molecule is O=C(O)c1coc(CNc2cccc(Cl)c2F)c1. The Labute approximate surface area is 107 Å². The molecule has 0 radical (unpaired) electrons. The minimum Gasteiger partial charge on any atom is -0.478 e. The predicted octanol–water partition coefficient (Wildman–Crippen LogP) is 3.38. The van der Waals surface area contributed by atoms with Crippen molar-refractivity contribution >= 4 is 23.3 Å². The van der Waals surface area contributed by atoms with E-state index < -0.39 is 11.8 Å². The molecule has 0 atom stereocenters. The number of halogens is 2. The Morgan fingerprint density at radius 2 is 2.28 bits per heavy atom. The highest BCUT2D eigenvalue weighted by molar-refractivity contribution is 6.31. The van der Waals surface area contributed by atoms with Gasteiger partial charge in [-0.25, -0.2) is 9.18 Å². The Balaban J connectivity index is 2.07. The summed E-state index contributed by atoms with van der Waals surface area (Å²) in [7, 11) is 0. The number of hydrogen-bond acceptors (Lipinski definition) is 3. The zero-order valence-electron chi connectivity index (χ0n) is 9.11. The third-order valence-corrected chi connectivity index (χ3v) is 2.60. The molecule has 0 aliphatic rings. The van der Waals surface area contributed by atoms with Crippen LogP contribution in [0.2, 0.25) is 5.02 Å². The number of carboxylic acid groups (broad SMARTS) is 1. The first kappa shape index (κ1) is 12.4. The molecule has 0 amide bonds. The topological polar surface area (TPSA) is 62.5 Å². The van der Waals surface area contributed by atoms with E-state index in [4.69, 9.17) is 21.1 Å². The molecule has 6 heteroatoms. The molecule has 0 aliphatic heterocycles. The van der Waals surface area contributed by atoms with Gasteiger partial charge in [-0.05, 0) is 18.2 Å². The minimum atomic E-state index is -1.07. The van der Waals surface area contributed by atoms with E-state index in [9.17, 15) is 9.18 Å². The molecule has 1 aromatic carbocycles. The summed E-state index contributed by atoms with van der Waals surface area (Å²) in [6, 6.07) is 5.95. The zero-order chi connectivity index (χ0) is 13.1. The van der Waals surface area contributed by atoms with Crippen LogP contribution in [0, 0.1) is 5.82 Å². The molecule has 1 heterocycles. The number of nitrogens with one attached hydrogen (secondary N) is 1. The molecule has 2 rings (SSSR count). The fourth-order valence-electron chi connectivity index (χ4n) is 1.41. The first-order chi connectivity index (χ1) is 8.58. The monoisotopic (exact) mass is 269 g/mol. The van der Waals surface area contributed by atoms with Crippen molar-refractivity contribution in [3.63, 3.8) is 0 Å². The fourth-order valence-corrected chi connectivity index (χ4v) is 1.58. The van der Waals surface area contributed by atoms with E-state index in [0.717, 1.165) is 6.26 Å². The van der Waals surface area contributed by atoms with Crippen LogP contribution in [0.4, 0.5) is 10.1 Å². The lowest BCUT2D eigenvalue weighted by molar-refractivity contribution is 0.0696. The average Bonchev–Trinajstić information content (AvgIpc) is 2.80. The van der Waals surface area contributed by atoms with Crippen LogP contribution < -0.4 is 5.32 Å². The Bertz CT molecular complexity index is 582. The summed E-state index contributed by atoms with van der Waals surface area (Å²) >= 11 is 5.63. The maximum absolute atomic E-state index is 13.5. The summed E-state index contributed by atoms with van der Waals surface area (Å²) in [4.78, 5) is 10.6. The Hall–Kier alpha value is -2.01. The van der Waals surface area contributed by atoms with E-state index in [1.54, 1.807) is 6.07 Å². The third-order valence-electron chi connectivity index (χ3n) is 2.31. The highest BCUT2D eigenvalue weighted by Gasteiger charge is 2.09. The van der Waals surface area contributed by atoms with Crippen LogP contribution in [0.3, 0.4) is 0 Å². The van der Waals surface area contributed by atoms with Crippen molar-refractivity contribution < 1.29 is 18.7 Å². The number of furan rings is 1. The second-order valence-electron chi connectivity index (χ2n) is 3.56. The molecular weight excluding hydrogens is 261 g/mol. The minimum absolute atomic E-state index is 0.0191. The van der Waals surface area contributed by atoms with E-state index in [-0.39, 0.29) is 22.8 Å². The smallest absolute Gasteiger partial charge is 0.338 e. The summed E-state index contributed by atoms with van der Waals surface area (Å²) < 4.78 is 18.5. The fraction of sp³-hybridized carbons (Fsp3) is 0.0833. The first-order valence-electron chi connectivity index (χ1n) is 5.06. The average molecular weight is 270 g/mol. The van der Waals surface area contributed by atoms with Gasteiger partial charge in [0, 0.05) is 0 Å². The van der Waals surface area contributed by atoms with Crippen LogP contribution >= 0.6 is 11.6 Å². The molecule has 0 unspecified atom stereocenters. The third kappa shape index (κ3) is 2.62. The lowest BCUT2D eigenvalue weighted by Gasteiger charge is -2.06. The van der Waals surface area contributed by atoms with Gasteiger partial charge in [-0.1, -0.05) is 17.7 Å². The second kappa shape index (κ2) is 5.10. The first-order valence-corrected chi connectivity index (χ1v) is 5.44. The number of anilines is 1. The highest BCUT2D eigenvalue weighted by atomic mass is 35.5. The predicted molar refractivity (Wildman–Crippen MR) is 64.4 cm³/mol. The van der Waals surface area contributed by atoms with Crippen molar-refractivity contribution in [1.82, 2.24) is 0 Å². The van der Waals surface area contributed by atoms with E-state index in [1.807, 2.05) is 0 Å². The molecular formula is C12H9ClFNO3. The second-order valence-corrected chi connectivity index (χ2v) is 3.97. The summed E-state index contributed by atoms with van der Waals surface area (Å²) in [5.41, 5.74) is 0.286. The molecule has 94 valence electrons. The standard InChI is InChI=1S/C12H9ClFNO3/c13-9-2-1-3-10(11(9)14)15-5-8-4-7(6-18-8)12(16)17/h1-4,6,15H,5H2,(H,16,17). The molecule has 4 nitrogen and oxygen atoms in total. The quantitative estimate of drug-likeness (QED) is 0.893. The van der Waals surface area contributed by atoms with Gasteiger partial charge in [-0.2, -0.15) is 0 Å². The van der Waals surface area contributed by atoms with Gasteiger partial charge in [-0.3, -0.25) is 0 Å². The van der Waals surface area contributed by atoms with Crippen LogP contribution in [-0.2, 0) is 6.54 Å². The van der Waals surface area contributed by atoms with Gasteiger partial charge in [0.1, 0.15) is 12.0 Å². The molecule has 2 N–H and O–H groups in total. The van der Waals surface area contributed by atoms with Crippen molar-refractivity contribution in [1.29, 1.82) is 0 Å².